The summed E-state index contributed by atoms with van der Waals surface area (Å²) in [6, 6.07) is 11.8. The Balaban J connectivity index is 1.92. The molecule has 0 atom stereocenters. The van der Waals surface area contributed by atoms with Crippen molar-refractivity contribution < 1.29 is 8.42 Å². The third-order valence-corrected chi connectivity index (χ3v) is 5.41. The Morgan fingerprint density at radius 2 is 1.75 bits per heavy atom. The molecule has 6 nitrogen and oxygen atoms in total. The van der Waals surface area contributed by atoms with Crippen molar-refractivity contribution in [2.24, 2.45) is 7.05 Å². The molecular formula is C17H19N3O3S. The van der Waals surface area contributed by atoms with E-state index in [0.29, 0.717) is 22.6 Å². The van der Waals surface area contributed by atoms with Crippen molar-refractivity contribution >= 4 is 26.7 Å². The molecule has 2 N–H and O–H groups in total. The number of H-pyrrole nitrogens is 1. The van der Waals surface area contributed by atoms with Gasteiger partial charge in [0.1, 0.15) is 0 Å². The molecule has 0 saturated heterocycles. The van der Waals surface area contributed by atoms with Crippen LogP contribution in [-0.4, -0.2) is 18.0 Å². The Kier molecular flexibility index (Phi) is 3.96. The summed E-state index contributed by atoms with van der Waals surface area (Å²) >= 11 is 0. The first-order chi connectivity index (χ1) is 11.3. The molecular weight excluding hydrogens is 326 g/mol. The van der Waals surface area contributed by atoms with E-state index < -0.39 is 10.0 Å². The van der Waals surface area contributed by atoms with Gasteiger partial charge in [-0.1, -0.05) is 26.0 Å². The molecule has 0 aliphatic rings. The normalized spacial score (nSPS) is 12.0. The second-order valence-corrected chi connectivity index (χ2v) is 7.73. The van der Waals surface area contributed by atoms with Crippen LogP contribution in [0.1, 0.15) is 25.3 Å². The lowest BCUT2D eigenvalue weighted by molar-refractivity contribution is 0.601. The van der Waals surface area contributed by atoms with Crippen molar-refractivity contribution in [1.82, 2.24) is 9.55 Å². The molecule has 0 unspecified atom stereocenters. The highest BCUT2D eigenvalue weighted by Crippen LogP contribution is 2.21. The van der Waals surface area contributed by atoms with E-state index in [1.165, 1.54) is 4.57 Å². The molecule has 0 aliphatic heterocycles. The standard InChI is InChI=1S/C17H19N3O3S/c1-11(2)12-4-7-14(8-5-12)24(22,23)19-13-6-9-16-15(10-13)18-17(21)20(16)3/h4-11,19H,1-3H3,(H,18,21). The molecule has 0 saturated carbocycles. The minimum absolute atomic E-state index is 0.202. The largest absolute Gasteiger partial charge is 0.326 e. The predicted octanol–water partition coefficient (Wildman–Crippen LogP) is 2.79. The molecule has 0 fully saturated rings. The number of nitrogens with one attached hydrogen (secondary N) is 2. The van der Waals surface area contributed by atoms with Gasteiger partial charge in [-0.15, -0.1) is 0 Å². The Bertz CT molecular complexity index is 1040. The average molecular weight is 345 g/mol. The van der Waals surface area contributed by atoms with E-state index in [2.05, 4.69) is 23.6 Å². The van der Waals surface area contributed by atoms with E-state index in [1.807, 2.05) is 12.1 Å². The van der Waals surface area contributed by atoms with Gasteiger partial charge < -0.3 is 4.98 Å². The minimum atomic E-state index is -3.68. The molecule has 0 bridgehead atoms. The second-order valence-electron chi connectivity index (χ2n) is 6.05. The molecule has 2 aromatic carbocycles. The van der Waals surface area contributed by atoms with Crippen LogP contribution in [0.3, 0.4) is 0 Å². The fourth-order valence-corrected chi connectivity index (χ4v) is 3.60. The Hall–Kier alpha value is -2.54. The molecule has 3 rings (SSSR count). The van der Waals surface area contributed by atoms with Gasteiger partial charge in [0.15, 0.2) is 0 Å². The van der Waals surface area contributed by atoms with Crippen LogP contribution in [0, 0.1) is 0 Å². The predicted molar refractivity (Wildman–Crippen MR) is 94.9 cm³/mol. The van der Waals surface area contributed by atoms with E-state index >= 15 is 0 Å². The summed E-state index contributed by atoms with van der Waals surface area (Å²) in [6.07, 6.45) is 0. The molecule has 126 valence electrons. The second kappa shape index (κ2) is 5.83. The van der Waals surface area contributed by atoms with Crippen LogP contribution in [0.4, 0.5) is 5.69 Å². The smallest absolute Gasteiger partial charge is 0.305 e. The Morgan fingerprint density at radius 1 is 1.08 bits per heavy atom. The van der Waals surface area contributed by atoms with E-state index in [-0.39, 0.29) is 10.6 Å². The summed E-state index contributed by atoms with van der Waals surface area (Å²) < 4.78 is 29.0. The van der Waals surface area contributed by atoms with Gasteiger partial charge in [0.05, 0.1) is 21.6 Å². The molecule has 7 heteroatoms. The monoisotopic (exact) mass is 345 g/mol. The third kappa shape index (κ3) is 2.94. The summed E-state index contributed by atoms with van der Waals surface area (Å²) in [5.74, 6) is 0.340. The van der Waals surface area contributed by atoms with Crippen molar-refractivity contribution in [2.45, 2.75) is 24.7 Å². The van der Waals surface area contributed by atoms with E-state index in [0.717, 1.165) is 5.56 Å². The van der Waals surface area contributed by atoms with Crippen molar-refractivity contribution in [2.75, 3.05) is 4.72 Å². The molecule has 1 aromatic heterocycles. The van der Waals surface area contributed by atoms with Crippen molar-refractivity contribution in [3.63, 3.8) is 0 Å². The molecule has 0 aliphatic carbocycles. The first kappa shape index (κ1) is 16.3. The van der Waals surface area contributed by atoms with Gasteiger partial charge in [-0.05, 0) is 41.8 Å². The summed E-state index contributed by atoms with van der Waals surface area (Å²) in [5.41, 5.74) is 2.53. The summed E-state index contributed by atoms with van der Waals surface area (Å²) in [5, 5.41) is 0. The van der Waals surface area contributed by atoms with Crippen LogP contribution < -0.4 is 10.4 Å². The average Bonchev–Trinajstić information content (AvgIpc) is 2.81. The maximum absolute atomic E-state index is 12.5. The van der Waals surface area contributed by atoms with Gasteiger partial charge in [-0.2, -0.15) is 0 Å². The van der Waals surface area contributed by atoms with Gasteiger partial charge in [0, 0.05) is 7.05 Å². The number of hydrogen-bond acceptors (Lipinski definition) is 3. The van der Waals surface area contributed by atoms with Gasteiger partial charge in [0.2, 0.25) is 0 Å². The molecule has 24 heavy (non-hydrogen) atoms. The van der Waals surface area contributed by atoms with E-state index in [4.69, 9.17) is 0 Å². The summed E-state index contributed by atoms with van der Waals surface area (Å²) in [6.45, 7) is 4.11. The maximum Gasteiger partial charge on any atom is 0.326 e. The number of benzene rings is 2. The lowest BCUT2D eigenvalue weighted by atomic mass is 10.0. The number of hydrogen-bond donors (Lipinski definition) is 2. The highest BCUT2D eigenvalue weighted by Gasteiger charge is 2.15. The SMILES string of the molecule is CC(C)c1ccc(S(=O)(=O)Nc2ccc3c(c2)[nH]c(=O)n3C)cc1. The van der Waals surface area contributed by atoms with Crippen LogP contribution in [0.5, 0.6) is 0 Å². The van der Waals surface area contributed by atoms with Crippen LogP contribution in [-0.2, 0) is 17.1 Å². The molecule has 0 spiro atoms. The Morgan fingerprint density at radius 3 is 2.38 bits per heavy atom. The topological polar surface area (TPSA) is 84.0 Å². The number of anilines is 1. The highest BCUT2D eigenvalue weighted by atomic mass is 32.2. The van der Waals surface area contributed by atoms with Gasteiger partial charge >= 0.3 is 5.69 Å². The fraction of sp³-hybridized carbons (Fsp3) is 0.235. The number of rotatable bonds is 4. The lowest BCUT2D eigenvalue weighted by Crippen LogP contribution is -2.13. The van der Waals surface area contributed by atoms with Crippen molar-refractivity contribution in [3.05, 3.63) is 58.5 Å². The molecule has 0 radical (unpaired) electrons. The van der Waals surface area contributed by atoms with Crippen LogP contribution in [0.15, 0.2) is 52.2 Å². The van der Waals surface area contributed by atoms with Crippen molar-refractivity contribution in [1.29, 1.82) is 0 Å². The van der Waals surface area contributed by atoms with Crippen LogP contribution in [0.2, 0.25) is 0 Å². The first-order valence-corrected chi connectivity index (χ1v) is 9.08. The number of imidazole rings is 1. The van der Waals surface area contributed by atoms with Crippen molar-refractivity contribution in [3.8, 4) is 0 Å². The number of nitrogens with zero attached hydrogens (tertiary/aromatic N) is 1. The number of aromatic amines is 1. The lowest BCUT2D eigenvalue weighted by Gasteiger charge is -2.10. The number of aromatic nitrogens is 2. The summed E-state index contributed by atoms with van der Waals surface area (Å²) in [4.78, 5) is 14.5. The first-order valence-electron chi connectivity index (χ1n) is 7.59. The molecule has 1 heterocycles. The molecule has 3 aromatic rings. The minimum Gasteiger partial charge on any atom is -0.305 e. The van der Waals surface area contributed by atoms with Crippen LogP contribution >= 0.6 is 0 Å². The quantitative estimate of drug-likeness (QED) is 0.762. The molecule has 0 amide bonds. The number of sulfonamides is 1. The van der Waals surface area contributed by atoms with Gasteiger partial charge in [-0.3, -0.25) is 9.29 Å². The highest BCUT2D eigenvalue weighted by molar-refractivity contribution is 7.92. The zero-order chi connectivity index (χ0) is 17.5. The number of fused-ring (bicyclic) bond motifs is 1. The van der Waals surface area contributed by atoms with Crippen LogP contribution in [0.25, 0.3) is 11.0 Å². The zero-order valence-corrected chi connectivity index (χ0v) is 14.5. The summed E-state index contributed by atoms with van der Waals surface area (Å²) in [7, 11) is -2.02. The zero-order valence-electron chi connectivity index (χ0n) is 13.7. The van der Waals surface area contributed by atoms with E-state index in [9.17, 15) is 13.2 Å². The third-order valence-electron chi connectivity index (χ3n) is 4.01. The number of aryl methyl sites for hydroxylation is 1. The van der Waals surface area contributed by atoms with Gasteiger partial charge in [-0.25, -0.2) is 13.2 Å². The van der Waals surface area contributed by atoms with E-state index in [1.54, 1.807) is 37.4 Å². The Labute approximate surface area is 140 Å². The fourth-order valence-electron chi connectivity index (χ4n) is 2.55. The van der Waals surface area contributed by atoms with Gasteiger partial charge in [0.25, 0.3) is 10.0 Å². The maximum atomic E-state index is 12.5.